The van der Waals surface area contributed by atoms with Gasteiger partial charge < -0.3 is 10.2 Å². The number of guanidine groups is 1. The van der Waals surface area contributed by atoms with Crippen LogP contribution in [-0.2, 0) is 22.1 Å². The van der Waals surface area contributed by atoms with Gasteiger partial charge in [0.15, 0.2) is 15.8 Å². The fourth-order valence-electron chi connectivity index (χ4n) is 2.82. The van der Waals surface area contributed by atoms with E-state index in [-0.39, 0.29) is 35.5 Å². The molecule has 0 fully saturated rings. The molecule has 0 atom stereocenters. The summed E-state index contributed by atoms with van der Waals surface area (Å²) in [6, 6.07) is 17.7. The molecule has 0 aliphatic carbocycles. The lowest BCUT2D eigenvalue weighted by molar-refractivity contribution is 0.476. The molecule has 0 radical (unpaired) electrons. The number of aryl methyl sites for hydroxylation is 1. The van der Waals surface area contributed by atoms with Gasteiger partial charge in [0.05, 0.1) is 11.5 Å². The Morgan fingerprint density at radius 2 is 1.68 bits per heavy atom. The number of rotatable bonds is 8. The largest absolute Gasteiger partial charge is 0.356 e. The average molecular weight is 515 g/mol. The summed E-state index contributed by atoms with van der Waals surface area (Å²) in [7, 11) is 0.604. The van der Waals surface area contributed by atoms with Crippen molar-refractivity contribution in [1.82, 2.24) is 10.2 Å². The van der Waals surface area contributed by atoms with E-state index < -0.39 is 9.84 Å². The third-order valence-electron chi connectivity index (χ3n) is 4.26. The van der Waals surface area contributed by atoms with Crippen molar-refractivity contribution >= 4 is 39.8 Å². The Morgan fingerprint density at radius 1 is 1.04 bits per heavy atom. The molecule has 0 aliphatic heterocycles. The first-order valence-corrected chi connectivity index (χ1v) is 10.9. The third kappa shape index (κ3) is 8.60. The van der Waals surface area contributed by atoms with E-state index in [1.165, 1.54) is 11.1 Å². The minimum absolute atomic E-state index is 0. The van der Waals surface area contributed by atoms with E-state index in [0.29, 0.717) is 13.0 Å². The van der Waals surface area contributed by atoms with Gasteiger partial charge in [-0.1, -0.05) is 60.2 Å². The van der Waals surface area contributed by atoms with Crippen LogP contribution in [0.1, 0.15) is 23.1 Å². The monoisotopic (exact) mass is 515 g/mol. The van der Waals surface area contributed by atoms with E-state index in [0.717, 1.165) is 18.1 Å². The van der Waals surface area contributed by atoms with Crippen molar-refractivity contribution in [2.24, 2.45) is 4.99 Å². The highest BCUT2D eigenvalue weighted by Gasteiger charge is 2.12. The first kappa shape index (κ1) is 24.4. The second-order valence-electron chi connectivity index (χ2n) is 6.75. The smallest absolute Gasteiger partial charge is 0.193 e. The minimum atomic E-state index is -3.11. The number of nitrogens with one attached hydrogen (secondary N) is 1. The summed E-state index contributed by atoms with van der Waals surface area (Å²) in [4.78, 5) is 6.32. The van der Waals surface area contributed by atoms with Crippen LogP contribution >= 0.6 is 24.0 Å². The van der Waals surface area contributed by atoms with Crippen molar-refractivity contribution in [2.45, 2.75) is 25.6 Å². The van der Waals surface area contributed by atoms with Gasteiger partial charge in [0.2, 0.25) is 0 Å². The van der Waals surface area contributed by atoms with Crippen LogP contribution in [-0.4, -0.2) is 45.7 Å². The molecule has 0 aliphatic rings. The summed E-state index contributed by atoms with van der Waals surface area (Å²) in [5.41, 5.74) is 3.27. The Kier molecular flexibility index (Phi) is 10.5. The maximum absolute atomic E-state index is 12.2. The first-order chi connectivity index (χ1) is 12.9. The fourth-order valence-corrected chi connectivity index (χ4v) is 4.25. The van der Waals surface area contributed by atoms with Crippen molar-refractivity contribution < 1.29 is 8.42 Å². The van der Waals surface area contributed by atoms with E-state index in [2.05, 4.69) is 41.5 Å². The molecule has 1 N–H and O–H groups in total. The van der Waals surface area contributed by atoms with Crippen molar-refractivity contribution in [3.05, 3.63) is 71.3 Å². The molecule has 0 amide bonds. The number of sulfone groups is 1. The van der Waals surface area contributed by atoms with Gasteiger partial charge in [-0.25, -0.2) is 8.42 Å². The standard InChI is InChI=1S/C21H29N3O2S.HI/c1-18-10-12-19(13-11-18)16-24(3)21(22-2)23-14-7-15-27(25,26)17-20-8-5-4-6-9-20;/h4-6,8-13H,7,14-17H2,1-3H3,(H,22,23);1H. The zero-order chi connectivity index (χ0) is 19.7. The lowest BCUT2D eigenvalue weighted by atomic mass is 10.1. The van der Waals surface area contributed by atoms with Crippen LogP contribution in [0.15, 0.2) is 59.6 Å². The lowest BCUT2D eigenvalue weighted by Gasteiger charge is -2.22. The van der Waals surface area contributed by atoms with Gasteiger partial charge in [-0.05, 0) is 24.5 Å². The number of nitrogens with zero attached hydrogens (tertiary/aromatic N) is 2. The van der Waals surface area contributed by atoms with Crippen LogP contribution in [0, 0.1) is 6.92 Å². The molecule has 0 bridgehead atoms. The number of halogens is 1. The molecule has 0 saturated carbocycles. The Balaban J connectivity index is 0.00000392. The van der Waals surface area contributed by atoms with Crippen molar-refractivity contribution in [1.29, 1.82) is 0 Å². The van der Waals surface area contributed by atoms with Crippen molar-refractivity contribution in [2.75, 3.05) is 26.4 Å². The van der Waals surface area contributed by atoms with Gasteiger partial charge in [-0.2, -0.15) is 0 Å². The second kappa shape index (κ2) is 12.1. The van der Waals surface area contributed by atoms with E-state index in [1.807, 2.05) is 42.3 Å². The molecule has 154 valence electrons. The van der Waals surface area contributed by atoms with Crippen molar-refractivity contribution in [3.63, 3.8) is 0 Å². The summed E-state index contributed by atoms with van der Waals surface area (Å²) < 4.78 is 24.5. The Hall–Kier alpha value is -1.61. The van der Waals surface area contributed by atoms with Gasteiger partial charge in [-0.15, -0.1) is 24.0 Å². The third-order valence-corrected chi connectivity index (χ3v) is 5.94. The molecule has 7 heteroatoms. The quantitative estimate of drug-likeness (QED) is 0.253. The van der Waals surface area contributed by atoms with Crippen molar-refractivity contribution in [3.8, 4) is 0 Å². The number of hydrogen-bond donors (Lipinski definition) is 1. The van der Waals surface area contributed by atoms with Crippen LogP contribution in [0.2, 0.25) is 0 Å². The van der Waals surface area contributed by atoms with E-state index in [4.69, 9.17) is 0 Å². The number of benzene rings is 2. The van der Waals surface area contributed by atoms with Gasteiger partial charge in [0.25, 0.3) is 0 Å². The molecule has 0 aromatic heterocycles. The molecule has 2 aromatic rings. The Morgan fingerprint density at radius 3 is 2.29 bits per heavy atom. The molecular weight excluding hydrogens is 485 g/mol. The highest BCUT2D eigenvalue weighted by molar-refractivity contribution is 14.0. The maximum atomic E-state index is 12.2. The zero-order valence-corrected chi connectivity index (χ0v) is 19.9. The summed E-state index contributed by atoms with van der Waals surface area (Å²) in [6.45, 7) is 3.38. The fraction of sp³-hybridized carbons (Fsp3) is 0.381. The molecule has 0 heterocycles. The molecule has 28 heavy (non-hydrogen) atoms. The summed E-state index contributed by atoms with van der Waals surface area (Å²) in [5.74, 6) is 1.01. The van der Waals surface area contributed by atoms with Crippen LogP contribution in [0.5, 0.6) is 0 Å². The molecule has 2 aromatic carbocycles. The number of hydrogen-bond acceptors (Lipinski definition) is 3. The SMILES string of the molecule is CN=C(NCCCS(=O)(=O)Cc1ccccc1)N(C)Cc1ccc(C)cc1.I. The normalized spacial score (nSPS) is 11.6. The van der Waals surface area contributed by atoms with Crippen LogP contribution < -0.4 is 5.32 Å². The Bertz CT molecular complexity index is 838. The van der Waals surface area contributed by atoms with Crippen LogP contribution in [0.25, 0.3) is 0 Å². The van der Waals surface area contributed by atoms with Gasteiger partial charge in [-0.3, -0.25) is 4.99 Å². The highest BCUT2D eigenvalue weighted by atomic mass is 127. The summed E-state index contributed by atoms with van der Waals surface area (Å²) in [6.07, 6.45) is 0.548. The molecule has 5 nitrogen and oxygen atoms in total. The van der Waals surface area contributed by atoms with Gasteiger partial charge in [0.1, 0.15) is 0 Å². The lowest BCUT2D eigenvalue weighted by Crippen LogP contribution is -2.39. The van der Waals surface area contributed by atoms with Crippen LogP contribution in [0.4, 0.5) is 0 Å². The summed E-state index contributed by atoms with van der Waals surface area (Å²) >= 11 is 0. The molecular formula is C21H30IN3O2S. The molecule has 0 unspecified atom stereocenters. The molecule has 0 spiro atoms. The minimum Gasteiger partial charge on any atom is -0.356 e. The van der Waals surface area contributed by atoms with Gasteiger partial charge in [0, 0.05) is 27.2 Å². The topological polar surface area (TPSA) is 61.8 Å². The zero-order valence-electron chi connectivity index (χ0n) is 16.8. The Labute approximate surface area is 186 Å². The van der Waals surface area contributed by atoms with E-state index >= 15 is 0 Å². The maximum Gasteiger partial charge on any atom is 0.193 e. The van der Waals surface area contributed by atoms with E-state index in [9.17, 15) is 8.42 Å². The highest BCUT2D eigenvalue weighted by Crippen LogP contribution is 2.08. The van der Waals surface area contributed by atoms with Crippen LogP contribution in [0.3, 0.4) is 0 Å². The number of aliphatic imine (C=N–C) groups is 1. The predicted molar refractivity (Wildman–Crippen MR) is 128 cm³/mol. The molecule has 2 rings (SSSR count). The summed E-state index contributed by atoms with van der Waals surface area (Å²) in [5, 5.41) is 3.25. The van der Waals surface area contributed by atoms with Gasteiger partial charge >= 0.3 is 0 Å². The molecule has 0 saturated heterocycles. The second-order valence-corrected chi connectivity index (χ2v) is 8.93. The average Bonchev–Trinajstić information content (AvgIpc) is 2.64. The first-order valence-electron chi connectivity index (χ1n) is 9.11. The predicted octanol–water partition coefficient (Wildman–Crippen LogP) is 3.63. The van der Waals surface area contributed by atoms with E-state index in [1.54, 1.807) is 7.05 Å².